The Labute approximate surface area is 124 Å². The van der Waals surface area contributed by atoms with E-state index in [1.165, 1.54) is 0 Å². The molecule has 0 heterocycles. The number of phenols is 1. The molecule has 4 rings (SSSR count). The van der Waals surface area contributed by atoms with Crippen molar-refractivity contribution in [2.45, 2.75) is 44.7 Å². The largest absolute Gasteiger partial charge is 0.508 e. The number of fused-ring (bicyclic) bond motifs is 5. The third kappa shape index (κ3) is 1.86. The van der Waals surface area contributed by atoms with Crippen LogP contribution in [0.15, 0.2) is 18.2 Å². The summed E-state index contributed by atoms with van der Waals surface area (Å²) in [5, 5.41) is 9.68. The van der Waals surface area contributed by atoms with Crippen molar-refractivity contribution in [3.8, 4) is 5.75 Å². The highest BCUT2D eigenvalue weighted by atomic mass is 19.1. The molecule has 0 aliphatic heterocycles. The van der Waals surface area contributed by atoms with Crippen molar-refractivity contribution in [2.75, 3.05) is 0 Å². The lowest BCUT2D eigenvalue weighted by Gasteiger charge is -2.48. The van der Waals surface area contributed by atoms with Crippen LogP contribution >= 0.6 is 0 Å². The van der Waals surface area contributed by atoms with Gasteiger partial charge in [-0.1, -0.05) is 13.0 Å². The first kappa shape index (κ1) is 13.3. The zero-order chi connectivity index (χ0) is 14.7. The zero-order valence-corrected chi connectivity index (χ0v) is 12.3. The van der Waals surface area contributed by atoms with Gasteiger partial charge in [0.15, 0.2) is 0 Å². The first-order chi connectivity index (χ1) is 10.1. The number of aromatic hydroxyl groups is 1. The van der Waals surface area contributed by atoms with Gasteiger partial charge in [-0.25, -0.2) is 4.39 Å². The van der Waals surface area contributed by atoms with Gasteiger partial charge in [-0.2, -0.15) is 0 Å². The Morgan fingerprint density at radius 1 is 1.33 bits per heavy atom. The van der Waals surface area contributed by atoms with Crippen LogP contribution in [0.4, 0.5) is 4.39 Å². The first-order valence-electron chi connectivity index (χ1n) is 8.05. The number of phenolic OH excluding ortho intramolecular Hbond substituents is 1. The van der Waals surface area contributed by atoms with Gasteiger partial charge in [-0.05, 0) is 60.3 Å². The van der Waals surface area contributed by atoms with E-state index in [0.29, 0.717) is 24.7 Å². The molecule has 6 atom stereocenters. The second-order valence-corrected chi connectivity index (χ2v) is 7.19. The van der Waals surface area contributed by atoms with Crippen LogP contribution in [0.2, 0.25) is 0 Å². The van der Waals surface area contributed by atoms with Gasteiger partial charge < -0.3 is 5.11 Å². The predicted molar refractivity (Wildman–Crippen MR) is 77.9 cm³/mol. The van der Waals surface area contributed by atoms with Gasteiger partial charge in [0.1, 0.15) is 17.7 Å². The van der Waals surface area contributed by atoms with Gasteiger partial charge in [-0.3, -0.25) is 4.79 Å². The van der Waals surface area contributed by atoms with Crippen molar-refractivity contribution < 1.29 is 14.3 Å². The highest BCUT2D eigenvalue weighted by molar-refractivity contribution is 5.83. The van der Waals surface area contributed by atoms with Crippen molar-refractivity contribution in [3.05, 3.63) is 29.3 Å². The summed E-state index contributed by atoms with van der Waals surface area (Å²) in [5.74, 6) is 1.44. The molecule has 3 heteroatoms. The highest BCUT2D eigenvalue weighted by Gasteiger charge is 2.53. The predicted octanol–water partition coefficient (Wildman–Crippen LogP) is 3.62. The average Bonchev–Trinajstić information content (AvgIpc) is 2.79. The number of carbonyl (C=O) groups excluding carboxylic acids is 1. The normalized spacial score (nSPS) is 41.3. The lowest BCUT2D eigenvalue weighted by molar-refractivity contribution is -0.124. The fourth-order valence-corrected chi connectivity index (χ4v) is 5.35. The minimum Gasteiger partial charge on any atom is -0.508 e. The van der Waals surface area contributed by atoms with Crippen molar-refractivity contribution in [3.63, 3.8) is 0 Å². The molecular weight excluding hydrogens is 267 g/mol. The SMILES string of the molecule is CC1Cc2cc(O)ccc2C2C1C1CCC(=O)C1C[C@@H]2F. The maximum absolute atomic E-state index is 14.9. The molecule has 1 N–H and O–H groups in total. The van der Waals surface area contributed by atoms with Gasteiger partial charge in [-0.15, -0.1) is 0 Å². The summed E-state index contributed by atoms with van der Waals surface area (Å²) < 4.78 is 14.9. The number of benzene rings is 1. The Kier molecular flexibility index (Phi) is 2.88. The number of rotatable bonds is 0. The van der Waals surface area contributed by atoms with Gasteiger partial charge in [0.25, 0.3) is 0 Å². The number of hydrogen-bond acceptors (Lipinski definition) is 2. The molecule has 2 nitrogen and oxygen atoms in total. The van der Waals surface area contributed by atoms with E-state index in [-0.39, 0.29) is 29.3 Å². The Hall–Kier alpha value is -1.38. The first-order valence-corrected chi connectivity index (χ1v) is 8.05. The number of ketones is 1. The van der Waals surface area contributed by atoms with Gasteiger partial charge in [0.05, 0.1) is 0 Å². The fourth-order valence-electron chi connectivity index (χ4n) is 5.35. The van der Waals surface area contributed by atoms with Crippen LogP contribution in [0, 0.1) is 23.7 Å². The minimum atomic E-state index is -0.927. The molecule has 112 valence electrons. The molecule has 1 aromatic carbocycles. The van der Waals surface area contributed by atoms with Crippen molar-refractivity contribution in [1.29, 1.82) is 0 Å². The van der Waals surface area contributed by atoms with Crippen molar-refractivity contribution >= 4 is 5.78 Å². The van der Waals surface area contributed by atoms with E-state index in [1.54, 1.807) is 12.1 Å². The molecule has 0 amide bonds. The van der Waals surface area contributed by atoms with Crippen molar-refractivity contribution in [2.24, 2.45) is 23.7 Å². The highest BCUT2D eigenvalue weighted by Crippen LogP contribution is 2.56. The number of carbonyl (C=O) groups is 1. The maximum atomic E-state index is 14.9. The van der Waals surface area contributed by atoms with Gasteiger partial charge in [0.2, 0.25) is 0 Å². The summed E-state index contributed by atoms with van der Waals surface area (Å²) in [6.07, 6.45) is 1.94. The smallest absolute Gasteiger partial charge is 0.136 e. The summed E-state index contributed by atoms with van der Waals surface area (Å²) in [4.78, 5) is 12.0. The average molecular weight is 288 g/mol. The van der Waals surface area contributed by atoms with E-state index >= 15 is 0 Å². The molecule has 0 bridgehead atoms. The summed E-state index contributed by atoms with van der Waals surface area (Å²) in [7, 11) is 0. The molecule has 0 radical (unpaired) electrons. The van der Waals surface area contributed by atoms with Gasteiger partial charge >= 0.3 is 0 Å². The third-order valence-electron chi connectivity index (χ3n) is 6.12. The van der Waals surface area contributed by atoms with E-state index in [0.717, 1.165) is 24.0 Å². The Morgan fingerprint density at radius 3 is 2.95 bits per heavy atom. The Bertz CT molecular complexity index is 597. The number of alkyl halides is 1. The monoisotopic (exact) mass is 288 g/mol. The van der Waals surface area contributed by atoms with E-state index < -0.39 is 6.17 Å². The summed E-state index contributed by atoms with van der Waals surface area (Å²) in [6.45, 7) is 2.18. The van der Waals surface area contributed by atoms with E-state index in [1.807, 2.05) is 6.07 Å². The second kappa shape index (κ2) is 4.56. The second-order valence-electron chi connectivity index (χ2n) is 7.19. The summed E-state index contributed by atoms with van der Waals surface area (Å²) in [5.41, 5.74) is 2.16. The lowest BCUT2D eigenvalue weighted by atomic mass is 9.57. The molecule has 2 saturated carbocycles. The van der Waals surface area contributed by atoms with Crippen LogP contribution in [0.5, 0.6) is 5.75 Å². The lowest BCUT2D eigenvalue weighted by Crippen LogP contribution is -2.45. The van der Waals surface area contributed by atoms with Crippen LogP contribution < -0.4 is 0 Å². The van der Waals surface area contributed by atoms with Crippen LogP contribution in [-0.2, 0) is 11.2 Å². The van der Waals surface area contributed by atoms with E-state index in [4.69, 9.17) is 0 Å². The van der Waals surface area contributed by atoms with Crippen LogP contribution in [0.3, 0.4) is 0 Å². The molecule has 5 unspecified atom stereocenters. The van der Waals surface area contributed by atoms with Gasteiger partial charge in [0, 0.05) is 18.3 Å². The molecule has 0 spiro atoms. The Balaban J connectivity index is 1.79. The molecule has 0 aromatic heterocycles. The molecular formula is C18H21FO2. The zero-order valence-electron chi connectivity index (χ0n) is 12.3. The van der Waals surface area contributed by atoms with Crippen molar-refractivity contribution in [1.82, 2.24) is 0 Å². The molecule has 3 aliphatic rings. The van der Waals surface area contributed by atoms with Crippen LogP contribution in [0.25, 0.3) is 0 Å². The third-order valence-corrected chi connectivity index (χ3v) is 6.12. The molecule has 0 saturated heterocycles. The molecule has 3 aliphatic carbocycles. The molecule has 21 heavy (non-hydrogen) atoms. The van der Waals surface area contributed by atoms with E-state index in [9.17, 15) is 14.3 Å². The minimum absolute atomic E-state index is 0.0395. The molecule has 2 fully saturated rings. The topological polar surface area (TPSA) is 37.3 Å². The fraction of sp³-hybridized carbons (Fsp3) is 0.611. The summed E-state index contributed by atoms with van der Waals surface area (Å²) in [6, 6.07) is 5.36. The molecule has 1 aromatic rings. The number of Topliss-reactive ketones (excluding diaryl/α,β-unsaturated/α-hetero) is 1. The number of halogens is 1. The number of hydrogen-bond donors (Lipinski definition) is 1. The maximum Gasteiger partial charge on any atom is 0.136 e. The van der Waals surface area contributed by atoms with Crippen LogP contribution in [-0.4, -0.2) is 17.1 Å². The van der Waals surface area contributed by atoms with E-state index in [2.05, 4.69) is 6.92 Å². The quantitative estimate of drug-likeness (QED) is 0.791. The standard InChI is InChI=1S/C18H21FO2/c1-9-6-10-7-11(20)2-3-12(10)18-15(19)8-14-13(17(9)18)4-5-16(14)21/h2-3,7,9,13-15,17-18,20H,4-6,8H2,1H3/t9?,13?,14?,15-,17?,18?/m0/s1. The van der Waals surface area contributed by atoms with Crippen LogP contribution in [0.1, 0.15) is 43.2 Å². The summed E-state index contributed by atoms with van der Waals surface area (Å²) >= 11 is 0. The Morgan fingerprint density at radius 2 is 2.14 bits per heavy atom.